The van der Waals surface area contributed by atoms with Crippen LogP contribution in [0.2, 0.25) is 0 Å². The third-order valence-electron chi connectivity index (χ3n) is 2.46. The van der Waals surface area contributed by atoms with Crippen LogP contribution in [0.3, 0.4) is 0 Å². The predicted molar refractivity (Wildman–Crippen MR) is 60.3 cm³/mol. The highest BCUT2D eigenvalue weighted by atomic mass is 16.5. The second kappa shape index (κ2) is 3.89. The van der Waals surface area contributed by atoms with Gasteiger partial charge in [-0.15, -0.1) is 0 Å². The van der Waals surface area contributed by atoms with Crippen LogP contribution in [0.4, 0.5) is 0 Å². The normalized spacial score (nSPS) is 10.4. The van der Waals surface area contributed by atoms with Crippen LogP contribution in [0, 0.1) is 6.92 Å². The Kier molecular flexibility index (Phi) is 2.56. The van der Waals surface area contributed by atoms with Gasteiger partial charge in [-0.2, -0.15) is 0 Å². The maximum atomic E-state index is 11.2. The molecular weight excluding hydrogens is 208 g/mol. The average Bonchev–Trinajstić information content (AvgIpc) is 2.27. The van der Waals surface area contributed by atoms with Crippen LogP contribution >= 0.6 is 0 Å². The van der Waals surface area contributed by atoms with Gasteiger partial charge in [0.05, 0.1) is 14.2 Å². The predicted octanol–water partition coefficient (Wildman–Crippen LogP) is 2.12. The van der Waals surface area contributed by atoms with Crippen molar-refractivity contribution >= 4 is 10.8 Å². The number of methoxy groups -OCH3 is 2. The van der Waals surface area contributed by atoms with Crippen LogP contribution < -0.4 is 15.1 Å². The maximum Gasteiger partial charge on any atom is 0.336 e. The molecule has 0 N–H and O–H groups in total. The number of hydrogen-bond donors (Lipinski definition) is 0. The van der Waals surface area contributed by atoms with Gasteiger partial charge in [0.2, 0.25) is 0 Å². The lowest BCUT2D eigenvalue weighted by Gasteiger charge is -2.09. The zero-order valence-electron chi connectivity index (χ0n) is 9.37. The second-order valence-electron chi connectivity index (χ2n) is 3.42. The zero-order valence-corrected chi connectivity index (χ0v) is 9.37. The summed E-state index contributed by atoms with van der Waals surface area (Å²) in [6.45, 7) is 1.75. The van der Waals surface area contributed by atoms with Crippen LogP contribution in [0.25, 0.3) is 10.8 Å². The quantitative estimate of drug-likeness (QED) is 0.777. The van der Waals surface area contributed by atoms with Gasteiger partial charge in [-0.1, -0.05) is 0 Å². The molecule has 4 nitrogen and oxygen atoms in total. The smallest absolute Gasteiger partial charge is 0.336 e. The highest BCUT2D eigenvalue weighted by Crippen LogP contribution is 2.32. The number of rotatable bonds is 2. The lowest BCUT2D eigenvalue weighted by atomic mass is 10.1. The first-order valence-corrected chi connectivity index (χ1v) is 4.82. The highest BCUT2D eigenvalue weighted by molar-refractivity contribution is 5.87. The standard InChI is InChI=1S/C12H12O4/c1-7-9-6-11(15-3)10(14-2)4-8(9)5-12(13)16-7/h4-6H,1-3H3. The van der Waals surface area contributed by atoms with Crippen LogP contribution in [0.5, 0.6) is 11.5 Å². The third-order valence-corrected chi connectivity index (χ3v) is 2.46. The van der Waals surface area contributed by atoms with Crippen molar-refractivity contribution in [2.75, 3.05) is 14.2 Å². The molecule has 2 aromatic rings. The number of ether oxygens (including phenoxy) is 2. The first-order valence-electron chi connectivity index (χ1n) is 4.82. The van der Waals surface area contributed by atoms with E-state index in [1.165, 1.54) is 6.07 Å². The monoisotopic (exact) mass is 220 g/mol. The van der Waals surface area contributed by atoms with Gasteiger partial charge in [0.15, 0.2) is 11.5 Å². The summed E-state index contributed by atoms with van der Waals surface area (Å²) in [5, 5.41) is 1.63. The summed E-state index contributed by atoms with van der Waals surface area (Å²) in [6, 6.07) is 4.99. The van der Waals surface area contributed by atoms with Crippen molar-refractivity contribution in [1.82, 2.24) is 0 Å². The van der Waals surface area contributed by atoms with Crippen molar-refractivity contribution in [3.05, 3.63) is 34.4 Å². The van der Waals surface area contributed by atoms with Gasteiger partial charge >= 0.3 is 5.63 Å². The van der Waals surface area contributed by atoms with Gasteiger partial charge in [0.1, 0.15) is 5.76 Å². The second-order valence-corrected chi connectivity index (χ2v) is 3.42. The van der Waals surface area contributed by atoms with E-state index in [1.54, 1.807) is 33.3 Å². The fourth-order valence-corrected chi connectivity index (χ4v) is 1.68. The molecule has 0 amide bonds. The molecule has 0 aliphatic carbocycles. The Hall–Kier alpha value is -1.97. The molecule has 0 aliphatic heterocycles. The van der Waals surface area contributed by atoms with Crippen molar-refractivity contribution in [2.24, 2.45) is 0 Å². The van der Waals surface area contributed by atoms with Crippen molar-refractivity contribution < 1.29 is 13.9 Å². The van der Waals surface area contributed by atoms with E-state index < -0.39 is 0 Å². The van der Waals surface area contributed by atoms with Crippen LogP contribution in [0.15, 0.2) is 27.4 Å². The molecule has 0 radical (unpaired) electrons. The molecule has 0 unspecified atom stereocenters. The minimum atomic E-state index is -0.364. The molecule has 16 heavy (non-hydrogen) atoms. The Bertz CT molecular complexity index is 583. The van der Waals surface area contributed by atoms with Gasteiger partial charge in [0, 0.05) is 11.5 Å². The highest BCUT2D eigenvalue weighted by Gasteiger charge is 2.09. The molecular formula is C12H12O4. The zero-order chi connectivity index (χ0) is 11.7. The first-order chi connectivity index (χ1) is 7.65. The van der Waals surface area contributed by atoms with Gasteiger partial charge in [-0.25, -0.2) is 4.79 Å². The van der Waals surface area contributed by atoms with E-state index in [1.807, 2.05) is 0 Å². The summed E-state index contributed by atoms with van der Waals surface area (Å²) >= 11 is 0. The lowest BCUT2D eigenvalue weighted by molar-refractivity contribution is 0.355. The number of fused-ring (bicyclic) bond motifs is 1. The molecule has 1 aromatic carbocycles. The molecule has 0 saturated heterocycles. The Morgan fingerprint density at radius 1 is 1.06 bits per heavy atom. The third kappa shape index (κ3) is 1.62. The summed E-state index contributed by atoms with van der Waals surface area (Å²) in [4.78, 5) is 11.2. The van der Waals surface area contributed by atoms with E-state index in [0.29, 0.717) is 17.3 Å². The average molecular weight is 220 g/mol. The molecule has 0 aliphatic rings. The van der Waals surface area contributed by atoms with Crippen molar-refractivity contribution in [2.45, 2.75) is 6.92 Å². The van der Waals surface area contributed by atoms with Crippen molar-refractivity contribution in [1.29, 1.82) is 0 Å². The number of benzene rings is 1. The van der Waals surface area contributed by atoms with Gasteiger partial charge in [-0.05, 0) is 24.4 Å². The van der Waals surface area contributed by atoms with E-state index in [9.17, 15) is 4.79 Å². The molecule has 0 saturated carbocycles. The minimum absolute atomic E-state index is 0.364. The Labute approximate surface area is 92.4 Å². The fraction of sp³-hybridized carbons (Fsp3) is 0.250. The first kappa shape index (κ1) is 10.5. The topological polar surface area (TPSA) is 48.7 Å². The van der Waals surface area contributed by atoms with Gasteiger partial charge < -0.3 is 13.9 Å². The van der Waals surface area contributed by atoms with E-state index in [0.717, 1.165) is 10.8 Å². The van der Waals surface area contributed by atoms with Gasteiger partial charge in [-0.3, -0.25) is 0 Å². The SMILES string of the molecule is COc1cc2cc(=O)oc(C)c2cc1OC. The molecule has 2 rings (SSSR count). The van der Waals surface area contributed by atoms with Gasteiger partial charge in [0.25, 0.3) is 0 Å². The summed E-state index contributed by atoms with van der Waals surface area (Å²) in [5.41, 5.74) is -0.364. The molecule has 0 atom stereocenters. The van der Waals surface area contributed by atoms with Crippen molar-refractivity contribution in [3.63, 3.8) is 0 Å². The molecule has 0 bridgehead atoms. The van der Waals surface area contributed by atoms with E-state index in [2.05, 4.69) is 0 Å². The van der Waals surface area contributed by atoms with Crippen LogP contribution in [0.1, 0.15) is 5.76 Å². The largest absolute Gasteiger partial charge is 0.493 e. The molecule has 1 aromatic heterocycles. The number of aryl methyl sites for hydroxylation is 1. The molecule has 0 fully saturated rings. The van der Waals surface area contributed by atoms with Crippen molar-refractivity contribution in [3.8, 4) is 11.5 Å². The molecule has 4 heteroatoms. The van der Waals surface area contributed by atoms with Crippen LogP contribution in [-0.4, -0.2) is 14.2 Å². The lowest BCUT2D eigenvalue weighted by Crippen LogP contribution is -1.99. The van der Waals surface area contributed by atoms with Crippen LogP contribution in [-0.2, 0) is 0 Å². The fourth-order valence-electron chi connectivity index (χ4n) is 1.68. The summed E-state index contributed by atoms with van der Waals surface area (Å²) in [5.74, 6) is 1.79. The molecule has 0 spiro atoms. The van der Waals surface area contributed by atoms with E-state index >= 15 is 0 Å². The Morgan fingerprint density at radius 2 is 1.69 bits per heavy atom. The van der Waals surface area contributed by atoms with E-state index in [4.69, 9.17) is 13.9 Å². The molecule has 84 valence electrons. The Balaban J connectivity index is 2.83. The maximum absolute atomic E-state index is 11.2. The summed E-state index contributed by atoms with van der Waals surface area (Å²) in [7, 11) is 3.13. The summed E-state index contributed by atoms with van der Waals surface area (Å²) in [6.07, 6.45) is 0. The number of hydrogen-bond acceptors (Lipinski definition) is 4. The Morgan fingerprint density at radius 3 is 2.31 bits per heavy atom. The minimum Gasteiger partial charge on any atom is -0.493 e. The van der Waals surface area contributed by atoms with E-state index in [-0.39, 0.29) is 5.63 Å². The summed E-state index contributed by atoms with van der Waals surface area (Å²) < 4.78 is 15.4. The molecule has 1 heterocycles.